The first-order valence-electron chi connectivity index (χ1n) is 4.02. The minimum atomic E-state index is -0.432. The largest absolute Gasteiger partial charge is 0.465 e. The molecule has 1 rings (SSSR count). The summed E-state index contributed by atoms with van der Waals surface area (Å²) in [5, 5.41) is 8.78. The third kappa shape index (κ3) is 2.17. The van der Waals surface area contributed by atoms with Gasteiger partial charge in [0.25, 0.3) is 0 Å². The van der Waals surface area contributed by atoms with Crippen molar-refractivity contribution < 1.29 is 14.6 Å². The highest BCUT2D eigenvalue weighted by molar-refractivity contribution is 5.89. The van der Waals surface area contributed by atoms with Crippen LogP contribution in [-0.2, 0) is 4.74 Å². The van der Waals surface area contributed by atoms with Crippen molar-refractivity contribution >= 4 is 11.5 Å². The molecular formula is C10H11NO3. The first-order chi connectivity index (χ1) is 6.69. The number of ether oxygens (including phenoxy) is 1. The van der Waals surface area contributed by atoms with Gasteiger partial charge in [0.05, 0.1) is 25.0 Å². The Kier molecular flexibility index (Phi) is 3.36. The molecule has 0 fully saturated rings. The summed E-state index contributed by atoms with van der Waals surface area (Å²) in [6.45, 7) is 3.46. The lowest BCUT2D eigenvalue weighted by Gasteiger charge is -2.02. The van der Waals surface area contributed by atoms with Crippen LogP contribution in [0.25, 0.3) is 5.57 Å². The molecule has 0 unspecified atom stereocenters. The summed E-state index contributed by atoms with van der Waals surface area (Å²) in [7, 11) is 1.31. The Bertz CT molecular complexity index is 308. The van der Waals surface area contributed by atoms with Crippen molar-refractivity contribution in [3.05, 3.63) is 36.2 Å². The molecule has 0 aliphatic carbocycles. The van der Waals surface area contributed by atoms with Crippen LogP contribution in [-0.4, -0.2) is 29.8 Å². The zero-order chi connectivity index (χ0) is 10.6. The minimum absolute atomic E-state index is 0.148. The summed E-state index contributed by atoms with van der Waals surface area (Å²) >= 11 is 0. The zero-order valence-electron chi connectivity index (χ0n) is 7.86. The van der Waals surface area contributed by atoms with Crippen LogP contribution >= 0.6 is 0 Å². The number of carbonyl (C=O) groups is 1. The molecule has 0 aromatic carbocycles. The highest BCUT2D eigenvalue weighted by atomic mass is 16.5. The summed E-state index contributed by atoms with van der Waals surface area (Å²) < 4.78 is 4.51. The molecule has 4 heteroatoms. The Labute approximate surface area is 81.9 Å². The van der Waals surface area contributed by atoms with E-state index in [-0.39, 0.29) is 6.61 Å². The number of methoxy groups -OCH3 is 1. The number of hydrogen-bond acceptors (Lipinski definition) is 4. The van der Waals surface area contributed by atoms with Gasteiger partial charge in [0.1, 0.15) is 0 Å². The average Bonchev–Trinajstić information content (AvgIpc) is 2.27. The fourth-order valence-corrected chi connectivity index (χ4v) is 0.923. The lowest BCUT2D eigenvalue weighted by molar-refractivity contribution is 0.0600. The van der Waals surface area contributed by atoms with Crippen LogP contribution in [0, 0.1) is 0 Å². The number of hydrogen-bond donors (Lipinski definition) is 1. The van der Waals surface area contributed by atoms with Crippen LogP contribution in [0.15, 0.2) is 24.9 Å². The molecule has 0 aliphatic heterocycles. The Morgan fingerprint density at radius 2 is 2.36 bits per heavy atom. The maximum atomic E-state index is 11.0. The number of aliphatic hydroxyl groups is 1. The SMILES string of the molecule is C=C(CO)c1ccc(C(=O)OC)cn1. The molecule has 1 heterocycles. The molecule has 0 radical (unpaired) electrons. The van der Waals surface area contributed by atoms with Gasteiger partial charge in [-0.05, 0) is 17.7 Å². The molecule has 0 atom stereocenters. The smallest absolute Gasteiger partial charge is 0.339 e. The highest BCUT2D eigenvalue weighted by Crippen LogP contribution is 2.09. The minimum Gasteiger partial charge on any atom is -0.465 e. The lowest BCUT2D eigenvalue weighted by Crippen LogP contribution is -2.02. The third-order valence-corrected chi connectivity index (χ3v) is 1.74. The van der Waals surface area contributed by atoms with Crippen molar-refractivity contribution in [3.63, 3.8) is 0 Å². The van der Waals surface area contributed by atoms with Gasteiger partial charge in [0.2, 0.25) is 0 Å². The van der Waals surface area contributed by atoms with Crippen molar-refractivity contribution in [1.29, 1.82) is 0 Å². The monoisotopic (exact) mass is 193 g/mol. The molecule has 1 aromatic heterocycles. The summed E-state index contributed by atoms with van der Waals surface area (Å²) in [4.78, 5) is 15.0. The highest BCUT2D eigenvalue weighted by Gasteiger charge is 2.06. The molecule has 1 aromatic rings. The van der Waals surface area contributed by atoms with Gasteiger partial charge in [-0.1, -0.05) is 6.58 Å². The van der Waals surface area contributed by atoms with E-state index in [1.807, 2.05) is 0 Å². The number of esters is 1. The first kappa shape index (κ1) is 10.4. The van der Waals surface area contributed by atoms with Crippen molar-refractivity contribution in [2.45, 2.75) is 0 Å². The lowest BCUT2D eigenvalue weighted by atomic mass is 10.2. The van der Waals surface area contributed by atoms with Gasteiger partial charge >= 0.3 is 5.97 Å². The molecule has 0 amide bonds. The van der Waals surface area contributed by atoms with Crippen LogP contribution in [0.5, 0.6) is 0 Å². The number of aromatic nitrogens is 1. The second-order valence-corrected chi connectivity index (χ2v) is 2.69. The average molecular weight is 193 g/mol. The summed E-state index contributed by atoms with van der Waals surface area (Å²) in [5.74, 6) is -0.432. The van der Waals surface area contributed by atoms with E-state index in [9.17, 15) is 4.79 Å². The molecule has 74 valence electrons. The molecular weight excluding hydrogens is 182 g/mol. The number of rotatable bonds is 3. The molecule has 4 nitrogen and oxygen atoms in total. The maximum Gasteiger partial charge on any atom is 0.339 e. The van der Waals surface area contributed by atoms with E-state index >= 15 is 0 Å². The molecule has 0 aliphatic rings. The van der Waals surface area contributed by atoms with E-state index < -0.39 is 5.97 Å². The van der Waals surface area contributed by atoms with Crippen LogP contribution in [0.3, 0.4) is 0 Å². The van der Waals surface area contributed by atoms with Gasteiger partial charge in [-0.25, -0.2) is 4.79 Å². The van der Waals surface area contributed by atoms with Crippen molar-refractivity contribution in [1.82, 2.24) is 4.98 Å². The van der Waals surface area contributed by atoms with Crippen molar-refractivity contribution in [2.24, 2.45) is 0 Å². The number of aliphatic hydroxyl groups excluding tert-OH is 1. The normalized spacial score (nSPS) is 9.57. The van der Waals surface area contributed by atoms with Gasteiger partial charge < -0.3 is 9.84 Å². The van der Waals surface area contributed by atoms with E-state index in [0.29, 0.717) is 16.8 Å². The second-order valence-electron chi connectivity index (χ2n) is 2.69. The molecule has 0 bridgehead atoms. The van der Waals surface area contributed by atoms with Gasteiger partial charge in [0, 0.05) is 6.20 Å². The van der Waals surface area contributed by atoms with E-state index in [4.69, 9.17) is 5.11 Å². The van der Waals surface area contributed by atoms with Gasteiger partial charge in [-0.2, -0.15) is 0 Å². The topological polar surface area (TPSA) is 59.4 Å². The molecule has 0 spiro atoms. The fourth-order valence-electron chi connectivity index (χ4n) is 0.923. The van der Waals surface area contributed by atoms with Gasteiger partial charge in [-0.15, -0.1) is 0 Å². The molecule has 0 saturated heterocycles. The number of carbonyl (C=O) groups excluding carboxylic acids is 1. The number of pyridine rings is 1. The van der Waals surface area contributed by atoms with E-state index in [1.54, 1.807) is 12.1 Å². The van der Waals surface area contributed by atoms with E-state index in [1.165, 1.54) is 13.3 Å². The Balaban J connectivity index is 2.89. The molecule has 14 heavy (non-hydrogen) atoms. The molecule has 0 saturated carbocycles. The quantitative estimate of drug-likeness (QED) is 0.724. The standard InChI is InChI=1S/C10H11NO3/c1-7(6-12)9-4-3-8(5-11-9)10(13)14-2/h3-5,12H,1,6H2,2H3. The van der Waals surface area contributed by atoms with Crippen LogP contribution in [0.1, 0.15) is 16.1 Å². The fraction of sp³-hybridized carbons (Fsp3) is 0.200. The van der Waals surface area contributed by atoms with Gasteiger partial charge in [-0.3, -0.25) is 4.98 Å². The van der Waals surface area contributed by atoms with Crippen LogP contribution < -0.4 is 0 Å². The predicted molar refractivity (Wildman–Crippen MR) is 51.7 cm³/mol. The van der Waals surface area contributed by atoms with E-state index in [2.05, 4.69) is 16.3 Å². The summed E-state index contributed by atoms with van der Waals surface area (Å²) in [6.07, 6.45) is 1.39. The van der Waals surface area contributed by atoms with Crippen molar-refractivity contribution in [2.75, 3.05) is 13.7 Å². The Morgan fingerprint density at radius 3 is 2.79 bits per heavy atom. The second kappa shape index (κ2) is 4.53. The maximum absolute atomic E-state index is 11.0. The van der Waals surface area contributed by atoms with Crippen molar-refractivity contribution in [3.8, 4) is 0 Å². The van der Waals surface area contributed by atoms with E-state index in [0.717, 1.165) is 0 Å². The summed E-state index contributed by atoms with van der Waals surface area (Å²) in [5.41, 5.74) is 1.46. The predicted octanol–water partition coefficient (Wildman–Crippen LogP) is 0.874. The number of nitrogens with zero attached hydrogens (tertiary/aromatic N) is 1. The Morgan fingerprint density at radius 1 is 1.64 bits per heavy atom. The zero-order valence-corrected chi connectivity index (χ0v) is 7.86. The summed E-state index contributed by atoms with van der Waals surface area (Å²) in [6, 6.07) is 3.19. The first-order valence-corrected chi connectivity index (χ1v) is 4.02. The Hall–Kier alpha value is -1.68. The third-order valence-electron chi connectivity index (χ3n) is 1.74. The molecule has 1 N–H and O–H groups in total. The van der Waals surface area contributed by atoms with Crippen LogP contribution in [0.4, 0.5) is 0 Å². The van der Waals surface area contributed by atoms with Crippen LogP contribution in [0.2, 0.25) is 0 Å². The van der Waals surface area contributed by atoms with Gasteiger partial charge in [0.15, 0.2) is 0 Å².